The summed E-state index contributed by atoms with van der Waals surface area (Å²) in [6.45, 7) is 2.20. The minimum atomic E-state index is -1.91. The van der Waals surface area contributed by atoms with Gasteiger partial charge >= 0.3 is 23.9 Å². The van der Waals surface area contributed by atoms with Crippen molar-refractivity contribution in [3.05, 3.63) is 102 Å². The minimum Gasteiger partial charge on any atom is -0.508 e. The highest BCUT2D eigenvalue weighted by atomic mass is 33.1. The average Bonchev–Trinajstić information content (AvgIpc) is 1.66. The normalized spacial score (nSPS) is 21.8. The first-order chi connectivity index (χ1) is 46.7. The summed E-state index contributed by atoms with van der Waals surface area (Å²) in [6, 6.07) is 6.36. The summed E-state index contributed by atoms with van der Waals surface area (Å²) in [5.41, 5.74) is 7.92. The molecule has 3 aromatic carbocycles. The number of nitrogens with one attached hydrogen (secondary N) is 9. The van der Waals surface area contributed by atoms with Crippen LogP contribution < -0.4 is 48.3 Å². The van der Waals surface area contributed by atoms with Gasteiger partial charge in [0.2, 0.25) is 47.3 Å². The molecule has 34 heteroatoms. The maximum absolute atomic E-state index is 15.2. The maximum Gasteiger partial charge on any atom is 0.328 e. The lowest BCUT2D eigenvalue weighted by molar-refractivity contribution is -0.145. The lowest BCUT2D eigenvalue weighted by Crippen LogP contribution is -2.62. The summed E-state index contributed by atoms with van der Waals surface area (Å²) in [5.74, 6) is -14.3. The van der Waals surface area contributed by atoms with Crippen molar-refractivity contribution >= 4 is 104 Å². The van der Waals surface area contributed by atoms with E-state index in [0.717, 1.165) is 35.4 Å². The molecule has 2 aliphatic heterocycles. The number of hydrogen-bond donors (Lipinski definition) is 17. The maximum atomic E-state index is 15.2. The van der Waals surface area contributed by atoms with Crippen molar-refractivity contribution in [2.75, 3.05) is 70.4 Å². The van der Waals surface area contributed by atoms with E-state index in [-0.39, 0.29) is 90.1 Å². The van der Waals surface area contributed by atoms with Crippen LogP contribution in [0.15, 0.2) is 85.1 Å². The van der Waals surface area contributed by atoms with Gasteiger partial charge in [-0.15, -0.1) is 0 Å². The summed E-state index contributed by atoms with van der Waals surface area (Å²) in [4.78, 5) is 174. The highest BCUT2D eigenvalue weighted by Crippen LogP contribution is 2.25. The number of aliphatic hydroxyl groups excluding tert-OH is 2. The summed E-state index contributed by atoms with van der Waals surface area (Å²) in [5, 5.41) is 92.6. The molecular formula is C64H87N13O19S2. The van der Waals surface area contributed by atoms with E-state index in [0.29, 0.717) is 34.0 Å². The number of phenolic OH excluding ortho intramolecular Hbond substituents is 1. The van der Waals surface area contributed by atoms with E-state index >= 15 is 14.4 Å². The van der Waals surface area contributed by atoms with Gasteiger partial charge in [-0.3, -0.25) is 67.4 Å². The highest BCUT2D eigenvalue weighted by molar-refractivity contribution is 8.76. The van der Waals surface area contributed by atoms with Crippen LogP contribution in [0.1, 0.15) is 62.6 Å². The van der Waals surface area contributed by atoms with Crippen LogP contribution >= 0.6 is 21.6 Å². The Morgan fingerprint density at radius 3 is 1.82 bits per heavy atom. The van der Waals surface area contributed by atoms with Crippen molar-refractivity contribution < 1.29 is 93.3 Å². The van der Waals surface area contributed by atoms with Gasteiger partial charge in [-0.25, -0.2) is 4.79 Å². The first-order valence-electron chi connectivity index (χ1n) is 31.9. The molecule has 2 saturated heterocycles. The fourth-order valence-electron chi connectivity index (χ4n) is 11.0. The number of nitrogens with zero attached hydrogens (tertiary/aromatic N) is 3. The molecule has 1 unspecified atom stereocenters. The quantitative estimate of drug-likeness (QED) is 0.0216. The Morgan fingerprint density at radius 1 is 0.633 bits per heavy atom. The van der Waals surface area contributed by atoms with E-state index in [1.807, 2.05) is 0 Å². The smallest absolute Gasteiger partial charge is 0.328 e. The monoisotopic (exact) mass is 1410 g/mol. The molecule has 6 rings (SSSR count). The van der Waals surface area contributed by atoms with Gasteiger partial charge in [0.25, 0.3) is 0 Å². The van der Waals surface area contributed by atoms with Gasteiger partial charge in [0.05, 0.1) is 25.3 Å². The highest BCUT2D eigenvalue weighted by Gasteiger charge is 2.38. The molecule has 0 aliphatic carbocycles. The van der Waals surface area contributed by atoms with Crippen LogP contribution in [0, 0.1) is 0 Å². The van der Waals surface area contributed by atoms with Crippen LogP contribution in [0.3, 0.4) is 0 Å². The predicted octanol–water partition coefficient (Wildman–Crippen LogP) is -2.53. The third-order valence-electron chi connectivity index (χ3n) is 16.4. The average molecular weight is 1410 g/mol. The topological polar surface area (TPSA) is 494 Å². The molecule has 1 aromatic heterocycles. The van der Waals surface area contributed by atoms with Gasteiger partial charge < -0.3 is 89.0 Å². The Labute approximate surface area is 572 Å². The van der Waals surface area contributed by atoms with Gasteiger partial charge in [-0.1, -0.05) is 82.3 Å². The number of rotatable bonds is 27. The Morgan fingerprint density at radius 2 is 1.21 bits per heavy atom. The van der Waals surface area contributed by atoms with Crippen molar-refractivity contribution in [3.63, 3.8) is 0 Å². The number of carbonyl (C=O) groups excluding carboxylic acids is 8. The third kappa shape index (κ3) is 24.9. The summed E-state index contributed by atoms with van der Waals surface area (Å²) >= 11 is 0. The number of H-pyrrole nitrogens is 1. The van der Waals surface area contributed by atoms with E-state index < -0.39 is 169 Å². The van der Waals surface area contributed by atoms with Crippen molar-refractivity contribution in [1.82, 2.24) is 62.2 Å². The van der Waals surface area contributed by atoms with E-state index in [2.05, 4.69) is 47.5 Å². The lowest BCUT2D eigenvalue weighted by Gasteiger charge is -2.30. The molecule has 8 amide bonds. The number of aliphatic carboxylic acids is 4. The molecule has 0 spiro atoms. The molecule has 2 aliphatic rings. The molecule has 2 fully saturated rings. The largest absolute Gasteiger partial charge is 0.508 e. The first-order valence-corrected chi connectivity index (χ1v) is 34.4. The number of carbonyl (C=O) groups is 12. The number of fused-ring (bicyclic) bond motifs is 1. The third-order valence-corrected chi connectivity index (χ3v) is 18.8. The molecule has 32 nitrogen and oxygen atoms in total. The van der Waals surface area contributed by atoms with E-state index in [9.17, 15) is 78.9 Å². The molecular weight excluding hydrogens is 1320 g/mol. The number of aliphatic hydroxyl groups is 2. The van der Waals surface area contributed by atoms with Crippen LogP contribution in [-0.4, -0.2) is 264 Å². The number of amides is 8. The Kier molecular flexibility index (Phi) is 31.0. The van der Waals surface area contributed by atoms with Crippen molar-refractivity contribution in [2.45, 2.75) is 132 Å². The number of hydrogen-bond acceptors (Lipinski definition) is 21. The second-order valence-electron chi connectivity index (χ2n) is 24.0. The standard InChI is InChI=1S/C64H87N13O19S2/c1-36(78)54-62(92)72-49(61(91)74-55(37(2)79)64(95)96)35-98-97-34-48(71-57(87)45(28-38-10-4-3-5-11-38)67-51(81)20-19-50(63(93)94)77-26-24-75(32-52(82)83)22-23-76(25-27-77)33-53(84)85)60(90)69-46(29-39-15-17-41(80)18-16-39)58(88)70-47(30-40-31-66-43-13-7-6-12-42(40)43)59(89)68-44(56(86)73-54)14-8-9-21-65/h3-7,10-13,15-18,31,36-37,44-50,54-55,66,78-80H,8-9,14,19-30,32-35,65H2,1-2H3,(H,67,81)(H,68,89)(H,69,90)(H,70,88)(H,71,87)(H,72,92)(H,73,86)(H,74,91)(H,82,83)(H,84,85)(H,93,94)(H,95,96)/t36-,37-,44+,45-,46+,47-,48+,49+,50?,54+,55+/m1/s1. The van der Waals surface area contributed by atoms with Gasteiger partial charge in [0, 0.05) is 93.6 Å². The van der Waals surface area contributed by atoms with Gasteiger partial charge in [-0.05, 0) is 81.0 Å². The van der Waals surface area contributed by atoms with Crippen LogP contribution in [0.5, 0.6) is 5.75 Å². The summed E-state index contributed by atoms with van der Waals surface area (Å²) < 4.78 is 0. The number of para-hydroxylation sites is 1. The summed E-state index contributed by atoms with van der Waals surface area (Å²) in [6.07, 6.45) is -2.81. The Balaban J connectivity index is 1.39. The van der Waals surface area contributed by atoms with Gasteiger partial charge in [0.1, 0.15) is 54.1 Å². The van der Waals surface area contributed by atoms with Crippen LogP contribution in [0.2, 0.25) is 0 Å². The molecule has 0 bridgehead atoms. The van der Waals surface area contributed by atoms with E-state index in [1.165, 1.54) is 29.2 Å². The van der Waals surface area contributed by atoms with Crippen LogP contribution in [0.4, 0.5) is 0 Å². The number of aromatic nitrogens is 1. The van der Waals surface area contributed by atoms with Crippen LogP contribution in [-0.2, 0) is 76.8 Å². The zero-order valence-electron chi connectivity index (χ0n) is 54.1. The number of aromatic hydroxyl groups is 1. The van der Waals surface area contributed by atoms with Crippen LogP contribution in [0.25, 0.3) is 10.9 Å². The molecule has 0 saturated carbocycles. The Bertz CT molecular complexity index is 3380. The second kappa shape index (κ2) is 38.9. The number of aromatic amines is 1. The molecule has 11 atom stereocenters. The minimum absolute atomic E-state index is 0.0279. The fourth-order valence-corrected chi connectivity index (χ4v) is 13.4. The van der Waals surface area contributed by atoms with Crippen molar-refractivity contribution in [1.29, 1.82) is 0 Å². The number of benzene rings is 3. The number of carboxylic acid groups (broad SMARTS) is 4. The zero-order chi connectivity index (χ0) is 71.6. The first kappa shape index (κ1) is 78.1. The summed E-state index contributed by atoms with van der Waals surface area (Å²) in [7, 11) is 1.63. The molecule has 18 N–H and O–H groups in total. The molecule has 4 aromatic rings. The van der Waals surface area contributed by atoms with E-state index in [1.54, 1.807) is 70.6 Å². The second-order valence-corrected chi connectivity index (χ2v) is 26.5. The molecule has 98 heavy (non-hydrogen) atoms. The molecule has 3 heterocycles. The predicted molar refractivity (Wildman–Crippen MR) is 359 cm³/mol. The fraction of sp³-hybridized carbons (Fsp3) is 0.500. The molecule has 534 valence electrons. The number of nitrogens with two attached hydrogens (primary N) is 1. The number of phenols is 1. The number of unbranched alkanes of at least 4 members (excludes halogenated alkanes) is 1. The van der Waals surface area contributed by atoms with Gasteiger partial charge in [0.15, 0.2) is 6.04 Å². The van der Waals surface area contributed by atoms with Gasteiger partial charge in [-0.2, -0.15) is 0 Å². The SMILES string of the molecule is C[C@@H](O)[C@H](NC(=O)[C@@H]1CSSC[C@H](NC(=O)[C@@H](Cc2ccccc2)NC(=O)CCC(C(=O)O)N2CCN(CC(=O)O)CCN(CC(=O)O)CC2)C(=O)N[C@@H](Cc2ccc(O)cc2)C(=O)N[C@H](Cc2c[nH]c3ccccc23)C(=O)N[C@@H](CCCCN)C(=O)N[C@@H]([C@@H](C)O)C(=O)N1)C(=O)O. The Hall–Kier alpha value is -8.90. The van der Waals surface area contributed by atoms with Crippen molar-refractivity contribution in [2.24, 2.45) is 5.73 Å². The molecule has 0 radical (unpaired) electrons. The number of carboxylic acids is 4. The van der Waals surface area contributed by atoms with E-state index in [4.69, 9.17) is 5.73 Å². The van der Waals surface area contributed by atoms with Crippen molar-refractivity contribution in [3.8, 4) is 5.75 Å². The zero-order valence-corrected chi connectivity index (χ0v) is 55.8. The lowest BCUT2D eigenvalue weighted by atomic mass is 10.0.